The summed E-state index contributed by atoms with van der Waals surface area (Å²) in [6.45, 7) is 4.13. The Morgan fingerprint density at radius 3 is 2.77 bits per heavy atom. The van der Waals surface area contributed by atoms with Gasteiger partial charge in [0.25, 0.3) is 0 Å². The summed E-state index contributed by atoms with van der Waals surface area (Å²) in [6, 6.07) is 10.0. The summed E-state index contributed by atoms with van der Waals surface area (Å²) >= 11 is 0. The van der Waals surface area contributed by atoms with E-state index in [1.54, 1.807) is 12.1 Å². The molecule has 0 spiro atoms. The molecule has 4 N–H and O–H groups in total. The van der Waals surface area contributed by atoms with Gasteiger partial charge in [-0.25, -0.2) is 4.98 Å². The molecule has 1 aromatic carbocycles. The van der Waals surface area contributed by atoms with Gasteiger partial charge in [-0.05, 0) is 50.9 Å². The Hall–Kier alpha value is -2.27. The molecule has 30 heavy (non-hydrogen) atoms. The number of aromatic nitrogens is 2. The van der Waals surface area contributed by atoms with Crippen molar-refractivity contribution in [2.24, 2.45) is 0 Å². The number of nitrogen functional groups attached to an aromatic ring is 1. The Labute approximate surface area is 191 Å². The van der Waals surface area contributed by atoms with Gasteiger partial charge in [0, 0.05) is 42.3 Å². The molecule has 0 unspecified atom stereocenters. The first-order chi connectivity index (χ1) is 13.6. The number of rotatable bonds is 7. The first kappa shape index (κ1) is 25.8. The lowest BCUT2D eigenvalue weighted by atomic mass is 10.1. The van der Waals surface area contributed by atoms with Gasteiger partial charge in [-0.2, -0.15) is 10.2 Å². The fourth-order valence-electron chi connectivity index (χ4n) is 3.47. The predicted molar refractivity (Wildman–Crippen MR) is 128 cm³/mol. The zero-order valence-corrected chi connectivity index (χ0v) is 19.2. The first-order valence-electron chi connectivity index (χ1n) is 9.99. The molecule has 0 radical (unpaired) electrons. The summed E-state index contributed by atoms with van der Waals surface area (Å²) in [4.78, 5) is 11.8. The summed E-state index contributed by atoms with van der Waals surface area (Å²) in [5.74, 6) is 1.52. The maximum atomic E-state index is 9.21. The molecule has 2 aromatic rings. The van der Waals surface area contributed by atoms with E-state index in [9.17, 15) is 5.26 Å². The van der Waals surface area contributed by atoms with Crippen molar-refractivity contribution in [3.63, 3.8) is 0 Å². The molecule has 164 valence electrons. The SMILES string of the molecule is CCCCc1cc(N2CCC[C@@H](NC)C2)nc(Nc2ccc(N)c(C#N)c2)n1.Cl.Cl. The number of aryl methyl sites for hydroxylation is 1. The number of hydrogen-bond donors (Lipinski definition) is 3. The number of hydrogen-bond acceptors (Lipinski definition) is 7. The fraction of sp³-hybridized carbons (Fsp3) is 0.476. The Morgan fingerprint density at radius 1 is 1.27 bits per heavy atom. The number of nitrogens with one attached hydrogen (secondary N) is 2. The van der Waals surface area contributed by atoms with Crippen LogP contribution in [-0.2, 0) is 6.42 Å². The summed E-state index contributed by atoms with van der Waals surface area (Å²) in [6.07, 6.45) is 5.47. The highest BCUT2D eigenvalue weighted by Crippen LogP contribution is 2.24. The van der Waals surface area contributed by atoms with E-state index >= 15 is 0 Å². The summed E-state index contributed by atoms with van der Waals surface area (Å²) in [5, 5.41) is 15.8. The van der Waals surface area contributed by atoms with Crippen LogP contribution in [0.1, 0.15) is 43.9 Å². The van der Waals surface area contributed by atoms with Crippen molar-refractivity contribution in [1.29, 1.82) is 5.26 Å². The van der Waals surface area contributed by atoms with Crippen LogP contribution in [0.5, 0.6) is 0 Å². The summed E-state index contributed by atoms with van der Waals surface area (Å²) < 4.78 is 0. The minimum atomic E-state index is 0. The number of nitriles is 1. The lowest BCUT2D eigenvalue weighted by Crippen LogP contribution is -2.44. The van der Waals surface area contributed by atoms with E-state index in [4.69, 9.17) is 15.7 Å². The predicted octanol–water partition coefficient (Wildman–Crippen LogP) is 4.05. The zero-order chi connectivity index (χ0) is 19.9. The molecule has 1 aromatic heterocycles. The van der Waals surface area contributed by atoms with Gasteiger partial charge in [0.05, 0.1) is 5.56 Å². The van der Waals surface area contributed by atoms with E-state index in [-0.39, 0.29) is 24.8 Å². The average Bonchev–Trinajstić information content (AvgIpc) is 2.73. The number of halogens is 2. The van der Waals surface area contributed by atoms with Gasteiger partial charge in [0.2, 0.25) is 5.95 Å². The van der Waals surface area contributed by atoms with Crippen molar-refractivity contribution in [3.05, 3.63) is 35.5 Å². The Bertz CT molecular complexity index is 854. The van der Waals surface area contributed by atoms with Crippen LogP contribution in [-0.4, -0.2) is 36.1 Å². The lowest BCUT2D eigenvalue weighted by Gasteiger charge is -2.33. The number of nitrogens with zero attached hydrogens (tertiary/aromatic N) is 4. The van der Waals surface area contributed by atoms with Crippen molar-refractivity contribution in [1.82, 2.24) is 15.3 Å². The summed E-state index contributed by atoms with van der Waals surface area (Å²) in [7, 11) is 2.02. The van der Waals surface area contributed by atoms with Crippen molar-refractivity contribution < 1.29 is 0 Å². The molecule has 7 nitrogen and oxygen atoms in total. The topological polar surface area (TPSA) is 103 Å². The van der Waals surface area contributed by atoms with Crippen LogP contribution in [0.2, 0.25) is 0 Å². The molecule has 1 atom stereocenters. The van der Waals surface area contributed by atoms with E-state index in [1.165, 1.54) is 6.42 Å². The molecule has 2 heterocycles. The second kappa shape index (κ2) is 12.4. The van der Waals surface area contributed by atoms with Crippen LogP contribution in [0.15, 0.2) is 24.3 Å². The molecule has 3 rings (SSSR count). The number of likely N-dealkylation sites (N-methyl/N-ethyl adjacent to an activating group) is 1. The third-order valence-corrected chi connectivity index (χ3v) is 5.14. The van der Waals surface area contributed by atoms with Gasteiger partial charge in [-0.3, -0.25) is 0 Å². The van der Waals surface area contributed by atoms with Crippen molar-refractivity contribution in [2.45, 2.75) is 45.1 Å². The second-order valence-corrected chi connectivity index (χ2v) is 7.26. The molecule has 0 amide bonds. The van der Waals surface area contributed by atoms with E-state index in [2.05, 4.69) is 34.6 Å². The van der Waals surface area contributed by atoms with Gasteiger partial charge >= 0.3 is 0 Å². The highest BCUT2D eigenvalue weighted by atomic mass is 35.5. The van der Waals surface area contributed by atoms with Crippen LogP contribution in [0.4, 0.5) is 23.1 Å². The molecule has 1 aliphatic heterocycles. The molecular weight excluding hydrogens is 421 g/mol. The fourth-order valence-corrected chi connectivity index (χ4v) is 3.47. The maximum Gasteiger partial charge on any atom is 0.229 e. The van der Waals surface area contributed by atoms with E-state index in [1.807, 2.05) is 13.1 Å². The number of nitrogens with two attached hydrogens (primary N) is 1. The highest BCUT2D eigenvalue weighted by molar-refractivity contribution is 5.85. The number of unbranched alkanes of at least 4 members (excludes halogenated alkanes) is 1. The molecule has 1 saturated heterocycles. The molecular formula is C21H31Cl2N7. The largest absolute Gasteiger partial charge is 0.398 e. The molecule has 0 aliphatic carbocycles. The van der Waals surface area contributed by atoms with Crippen LogP contribution >= 0.6 is 24.8 Å². The number of anilines is 4. The highest BCUT2D eigenvalue weighted by Gasteiger charge is 2.20. The molecule has 9 heteroatoms. The standard InChI is InChI=1S/C21H29N7.2ClH/c1-3-4-6-16-12-20(28-10-5-7-18(14-28)24-2)27-21(25-16)26-17-8-9-19(23)15(11-17)13-22;;/h8-9,11-12,18,24H,3-7,10,14,23H2,1-2H3,(H,25,26,27);2*1H/t18-;;/m1../s1. The van der Waals surface area contributed by atoms with Gasteiger partial charge in [-0.15, -0.1) is 24.8 Å². The average molecular weight is 452 g/mol. The monoisotopic (exact) mass is 451 g/mol. The van der Waals surface area contributed by atoms with E-state index in [0.29, 0.717) is 23.2 Å². The van der Waals surface area contributed by atoms with Crippen LogP contribution in [0, 0.1) is 11.3 Å². The first-order valence-corrected chi connectivity index (χ1v) is 9.99. The molecule has 0 saturated carbocycles. The Kier molecular flexibility index (Phi) is 10.7. The minimum absolute atomic E-state index is 0. The van der Waals surface area contributed by atoms with Crippen molar-refractivity contribution in [3.8, 4) is 6.07 Å². The Balaban J connectivity index is 0.00000225. The number of benzene rings is 1. The molecule has 1 fully saturated rings. The second-order valence-electron chi connectivity index (χ2n) is 7.26. The van der Waals surface area contributed by atoms with E-state index < -0.39 is 0 Å². The third kappa shape index (κ3) is 6.63. The van der Waals surface area contributed by atoms with Gasteiger partial charge in [-0.1, -0.05) is 13.3 Å². The normalized spacial score (nSPS) is 15.5. The smallest absolute Gasteiger partial charge is 0.229 e. The van der Waals surface area contributed by atoms with E-state index in [0.717, 1.165) is 56.0 Å². The third-order valence-electron chi connectivity index (χ3n) is 5.14. The van der Waals surface area contributed by atoms with Crippen LogP contribution < -0.4 is 21.3 Å². The number of piperidine rings is 1. The minimum Gasteiger partial charge on any atom is -0.398 e. The van der Waals surface area contributed by atoms with Gasteiger partial charge in [0.1, 0.15) is 11.9 Å². The zero-order valence-electron chi connectivity index (χ0n) is 17.5. The lowest BCUT2D eigenvalue weighted by molar-refractivity contribution is 0.447. The van der Waals surface area contributed by atoms with Crippen molar-refractivity contribution in [2.75, 3.05) is 36.1 Å². The van der Waals surface area contributed by atoms with Gasteiger partial charge in [0.15, 0.2) is 0 Å². The molecule has 0 bridgehead atoms. The van der Waals surface area contributed by atoms with Crippen molar-refractivity contribution >= 4 is 48.0 Å². The van der Waals surface area contributed by atoms with Crippen LogP contribution in [0.3, 0.4) is 0 Å². The maximum absolute atomic E-state index is 9.21. The Morgan fingerprint density at radius 2 is 2.07 bits per heavy atom. The quantitative estimate of drug-likeness (QED) is 0.545. The van der Waals surface area contributed by atoms with Crippen LogP contribution in [0.25, 0.3) is 0 Å². The molecule has 1 aliphatic rings. The van der Waals surface area contributed by atoms with Gasteiger partial charge < -0.3 is 21.3 Å². The summed E-state index contributed by atoms with van der Waals surface area (Å²) in [5.41, 5.74) is 8.54.